The largest absolute Gasteiger partial charge is 0.370 e. The fourth-order valence-corrected chi connectivity index (χ4v) is 2.46. The predicted octanol–water partition coefficient (Wildman–Crippen LogP) is 1.38. The molecule has 21 heavy (non-hydrogen) atoms. The summed E-state index contributed by atoms with van der Waals surface area (Å²) in [5.41, 5.74) is 0.500. The molecule has 0 atom stereocenters. The zero-order chi connectivity index (χ0) is 15.2. The molecule has 0 bridgehead atoms. The van der Waals surface area contributed by atoms with Gasteiger partial charge in [0.2, 0.25) is 0 Å². The third-order valence-electron chi connectivity index (χ3n) is 3.54. The Morgan fingerprint density at radius 2 is 2.05 bits per heavy atom. The van der Waals surface area contributed by atoms with Gasteiger partial charge in [0.25, 0.3) is 5.91 Å². The Morgan fingerprint density at radius 3 is 2.71 bits per heavy atom. The van der Waals surface area contributed by atoms with Gasteiger partial charge in [-0.25, -0.2) is 9.97 Å². The summed E-state index contributed by atoms with van der Waals surface area (Å²) in [4.78, 5) is 25.0. The van der Waals surface area contributed by atoms with E-state index < -0.39 is 0 Å². The summed E-state index contributed by atoms with van der Waals surface area (Å²) in [6.07, 6.45) is 3.21. The summed E-state index contributed by atoms with van der Waals surface area (Å²) in [5.74, 6) is 1.40. The zero-order valence-electron chi connectivity index (χ0n) is 13.2. The van der Waals surface area contributed by atoms with Gasteiger partial charge in [0.15, 0.2) is 0 Å². The minimum absolute atomic E-state index is 0.0225. The number of likely N-dealkylation sites (tertiary alicyclic amines) is 1. The van der Waals surface area contributed by atoms with Crippen LogP contribution in [0.4, 0.5) is 5.82 Å². The van der Waals surface area contributed by atoms with Crippen LogP contribution in [0, 0.1) is 6.92 Å². The van der Waals surface area contributed by atoms with Gasteiger partial charge in [-0.05, 0) is 46.8 Å². The van der Waals surface area contributed by atoms with Crippen LogP contribution in [-0.2, 0) is 0 Å². The van der Waals surface area contributed by atoms with Crippen molar-refractivity contribution >= 4 is 11.7 Å². The fourth-order valence-electron chi connectivity index (χ4n) is 2.46. The van der Waals surface area contributed by atoms with Crippen LogP contribution in [0.5, 0.6) is 0 Å². The van der Waals surface area contributed by atoms with Crippen molar-refractivity contribution in [3.63, 3.8) is 0 Å². The van der Waals surface area contributed by atoms with Crippen molar-refractivity contribution in [2.75, 3.05) is 45.6 Å². The van der Waals surface area contributed by atoms with Crippen molar-refractivity contribution in [1.29, 1.82) is 0 Å². The molecule has 0 radical (unpaired) electrons. The first-order valence-corrected chi connectivity index (χ1v) is 7.60. The third kappa shape index (κ3) is 4.67. The Morgan fingerprint density at radius 1 is 1.33 bits per heavy atom. The maximum Gasteiger partial charge on any atom is 0.272 e. The average Bonchev–Trinajstić information content (AvgIpc) is 2.96. The van der Waals surface area contributed by atoms with Crippen molar-refractivity contribution in [3.05, 3.63) is 17.6 Å². The van der Waals surface area contributed by atoms with Crippen LogP contribution in [0.25, 0.3) is 0 Å². The van der Waals surface area contributed by atoms with Crippen molar-refractivity contribution in [2.45, 2.75) is 26.2 Å². The van der Waals surface area contributed by atoms with E-state index in [2.05, 4.69) is 34.3 Å². The van der Waals surface area contributed by atoms with Gasteiger partial charge in [-0.15, -0.1) is 0 Å². The first kappa shape index (κ1) is 15.7. The zero-order valence-corrected chi connectivity index (χ0v) is 13.2. The first-order chi connectivity index (χ1) is 10.1. The highest BCUT2D eigenvalue weighted by Gasteiger charge is 2.21. The molecule has 1 amide bonds. The molecule has 1 fully saturated rings. The normalized spacial score (nSPS) is 14.8. The molecule has 1 N–H and O–H groups in total. The molecule has 1 aliphatic rings. The Hall–Kier alpha value is -1.69. The minimum Gasteiger partial charge on any atom is -0.370 e. The van der Waals surface area contributed by atoms with Crippen LogP contribution in [0.15, 0.2) is 6.07 Å². The molecular formula is C15H25N5O. The van der Waals surface area contributed by atoms with Gasteiger partial charge in [-0.3, -0.25) is 4.79 Å². The van der Waals surface area contributed by atoms with Gasteiger partial charge in [0, 0.05) is 25.7 Å². The number of aromatic nitrogens is 2. The molecule has 116 valence electrons. The summed E-state index contributed by atoms with van der Waals surface area (Å²) >= 11 is 0. The average molecular weight is 291 g/mol. The lowest BCUT2D eigenvalue weighted by Crippen LogP contribution is -2.28. The number of hydrogen-bond acceptors (Lipinski definition) is 5. The second-order valence-corrected chi connectivity index (χ2v) is 5.77. The summed E-state index contributed by atoms with van der Waals surface area (Å²) < 4.78 is 0. The minimum atomic E-state index is 0.0225. The summed E-state index contributed by atoms with van der Waals surface area (Å²) in [6, 6.07) is 1.77. The van der Waals surface area contributed by atoms with E-state index in [9.17, 15) is 4.79 Å². The Kier molecular flexibility index (Phi) is 5.50. The predicted molar refractivity (Wildman–Crippen MR) is 83.6 cm³/mol. The first-order valence-electron chi connectivity index (χ1n) is 7.60. The topological polar surface area (TPSA) is 61.4 Å². The smallest absolute Gasteiger partial charge is 0.272 e. The lowest BCUT2D eigenvalue weighted by Gasteiger charge is -2.15. The van der Waals surface area contributed by atoms with Crippen LogP contribution < -0.4 is 5.32 Å². The van der Waals surface area contributed by atoms with Gasteiger partial charge in [0.1, 0.15) is 17.3 Å². The lowest BCUT2D eigenvalue weighted by molar-refractivity contribution is 0.0786. The molecule has 2 heterocycles. The quantitative estimate of drug-likeness (QED) is 0.802. The highest BCUT2D eigenvalue weighted by molar-refractivity contribution is 5.93. The molecule has 1 aliphatic heterocycles. The van der Waals surface area contributed by atoms with Gasteiger partial charge in [-0.1, -0.05) is 0 Å². The third-order valence-corrected chi connectivity index (χ3v) is 3.54. The van der Waals surface area contributed by atoms with Crippen LogP contribution in [0.3, 0.4) is 0 Å². The molecule has 0 saturated carbocycles. The van der Waals surface area contributed by atoms with Crippen LogP contribution in [0.1, 0.15) is 35.6 Å². The number of hydrogen-bond donors (Lipinski definition) is 1. The number of nitrogens with one attached hydrogen (secondary N) is 1. The molecule has 0 unspecified atom stereocenters. The van der Waals surface area contributed by atoms with Crippen LogP contribution in [0.2, 0.25) is 0 Å². The van der Waals surface area contributed by atoms with Crippen LogP contribution >= 0.6 is 0 Å². The standard InChI is InChI=1S/C15H25N5O/c1-12-17-13(15(21)20-9-4-5-10-20)11-14(18-12)16-7-6-8-19(2)3/h11H,4-10H2,1-3H3,(H,16,17,18). The molecule has 1 aromatic heterocycles. The second kappa shape index (κ2) is 7.36. The van der Waals surface area contributed by atoms with Crippen LogP contribution in [-0.4, -0.2) is 65.9 Å². The lowest BCUT2D eigenvalue weighted by atomic mass is 10.3. The summed E-state index contributed by atoms with van der Waals surface area (Å²) in [6.45, 7) is 5.37. The molecule has 0 spiro atoms. The monoisotopic (exact) mass is 291 g/mol. The van der Waals surface area contributed by atoms with Gasteiger partial charge in [-0.2, -0.15) is 0 Å². The highest BCUT2D eigenvalue weighted by atomic mass is 16.2. The van der Waals surface area contributed by atoms with E-state index in [4.69, 9.17) is 0 Å². The second-order valence-electron chi connectivity index (χ2n) is 5.77. The van der Waals surface area contributed by atoms with Gasteiger partial charge >= 0.3 is 0 Å². The van der Waals surface area contributed by atoms with Gasteiger partial charge in [0.05, 0.1) is 0 Å². The SMILES string of the molecule is Cc1nc(NCCCN(C)C)cc(C(=O)N2CCCC2)n1. The molecule has 2 rings (SSSR count). The maximum atomic E-state index is 12.4. The molecule has 6 nitrogen and oxygen atoms in total. The Bertz CT molecular complexity index is 483. The Balaban J connectivity index is 1.97. The van der Waals surface area contributed by atoms with Crippen molar-refractivity contribution in [2.24, 2.45) is 0 Å². The van der Waals surface area contributed by atoms with E-state index in [-0.39, 0.29) is 5.91 Å². The molecule has 0 aliphatic carbocycles. The van der Waals surface area contributed by atoms with E-state index in [0.29, 0.717) is 11.5 Å². The number of amides is 1. The highest BCUT2D eigenvalue weighted by Crippen LogP contribution is 2.14. The summed E-state index contributed by atoms with van der Waals surface area (Å²) in [7, 11) is 4.11. The van der Waals surface area contributed by atoms with E-state index in [1.165, 1.54) is 0 Å². The van der Waals surface area contributed by atoms with E-state index in [0.717, 1.165) is 51.3 Å². The number of carbonyl (C=O) groups excluding carboxylic acids is 1. The van der Waals surface area contributed by atoms with E-state index in [1.807, 2.05) is 11.8 Å². The van der Waals surface area contributed by atoms with Crippen molar-refractivity contribution in [3.8, 4) is 0 Å². The van der Waals surface area contributed by atoms with E-state index in [1.54, 1.807) is 6.07 Å². The van der Waals surface area contributed by atoms with E-state index >= 15 is 0 Å². The number of carbonyl (C=O) groups is 1. The molecular weight excluding hydrogens is 266 g/mol. The molecule has 6 heteroatoms. The maximum absolute atomic E-state index is 12.4. The molecule has 1 aromatic rings. The van der Waals surface area contributed by atoms with Gasteiger partial charge < -0.3 is 15.1 Å². The molecule has 0 aromatic carbocycles. The van der Waals surface area contributed by atoms with Crippen molar-refractivity contribution < 1.29 is 4.79 Å². The number of rotatable bonds is 6. The van der Waals surface area contributed by atoms with Crippen molar-refractivity contribution in [1.82, 2.24) is 19.8 Å². The number of anilines is 1. The summed E-state index contributed by atoms with van der Waals surface area (Å²) in [5, 5.41) is 3.28. The number of nitrogens with zero attached hydrogens (tertiary/aromatic N) is 4. The molecule has 1 saturated heterocycles. The Labute approximate surface area is 126 Å². The fraction of sp³-hybridized carbons (Fsp3) is 0.667. The number of aryl methyl sites for hydroxylation is 1.